The van der Waals surface area contributed by atoms with Gasteiger partial charge in [0.2, 0.25) is 0 Å². The molecule has 1 unspecified atom stereocenters. The van der Waals surface area contributed by atoms with Crippen LogP contribution in [0.5, 0.6) is 5.75 Å². The summed E-state index contributed by atoms with van der Waals surface area (Å²) in [5, 5.41) is 3.48. The van der Waals surface area contributed by atoms with E-state index in [1.807, 2.05) is 18.2 Å². The highest BCUT2D eigenvalue weighted by Crippen LogP contribution is 2.23. The van der Waals surface area contributed by atoms with Gasteiger partial charge in [0.15, 0.2) is 0 Å². The molecule has 0 amide bonds. The molecule has 3 heteroatoms. The van der Waals surface area contributed by atoms with Crippen molar-refractivity contribution in [1.29, 1.82) is 0 Å². The molecule has 0 heterocycles. The van der Waals surface area contributed by atoms with Crippen LogP contribution >= 0.6 is 0 Å². The molecule has 0 aliphatic carbocycles. The molecule has 0 aromatic heterocycles. The van der Waals surface area contributed by atoms with Crippen LogP contribution in [-0.2, 0) is 0 Å². The standard InChI is InChI=1S/C17H22N2O/c1-12-7-8-15(9-13(12)2)19-17(11-18)14-5-4-6-16(10-14)20-3/h4-10,17,19H,11,18H2,1-3H3. The number of hydrogen-bond donors (Lipinski definition) is 2. The van der Waals surface area contributed by atoms with Crippen molar-refractivity contribution in [3.05, 3.63) is 59.2 Å². The molecule has 20 heavy (non-hydrogen) atoms. The molecular weight excluding hydrogens is 248 g/mol. The van der Waals surface area contributed by atoms with Crippen molar-refractivity contribution in [2.45, 2.75) is 19.9 Å². The van der Waals surface area contributed by atoms with Crippen LogP contribution in [0.2, 0.25) is 0 Å². The molecule has 2 rings (SSSR count). The molecule has 0 saturated carbocycles. The molecule has 2 aromatic carbocycles. The monoisotopic (exact) mass is 270 g/mol. The number of ether oxygens (including phenoxy) is 1. The van der Waals surface area contributed by atoms with Crippen molar-refractivity contribution in [2.24, 2.45) is 5.73 Å². The zero-order valence-corrected chi connectivity index (χ0v) is 12.3. The number of hydrogen-bond acceptors (Lipinski definition) is 3. The van der Waals surface area contributed by atoms with E-state index in [0.717, 1.165) is 17.0 Å². The minimum Gasteiger partial charge on any atom is -0.497 e. The van der Waals surface area contributed by atoms with Crippen molar-refractivity contribution >= 4 is 5.69 Å². The number of anilines is 1. The molecule has 0 aliphatic heterocycles. The highest BCUT2D eigenvalue weighted by Gasteiger charge is 2.10. The molecule has 2 aromatic rings. The summed E-state index contributed by atoms with van der Waals surface area (Å²) in [5.74, 6) is 0.850. The van der Waals surface area contributed by atoms with E-state index in [2.05, 4.69) is 43.4 Å². The first kappa shape index (κ1) is 14.4. The first-order chi connectivity index (χ1) is 9.63. The Hall–Kier alpha value is -2.00. The minimum atomic E-state index is 0.0761. The normalized spacial score (nSPS) is 12.0. The molecule has 0 saturated heterocycles. The van der Waals surface area contributed by atoms with E-state index in [-0.39, 0.29) is 6.04 Å². The smallest absolute Gasteiger partial charge is 0.119 e. The van der Waals surface area contributed by atoms with Gasteiger partial charge in [-0.25, -0.2) is 0 Å². The van der Waals surface area contributed by atoms with Crippen LogP contribution in [0.1, 0.15) is 22.7 Å². The SMILES string of the molecule is COc1cccc(C(CN)Nc2ccc(C)c(C)c2)c1. The second-order valence-corrected chi connectivity index (χ2v) is 5.01. The number of nitrogens with two attached hydrogens (primary N) is 1. The summed E-state index contributed by atoms with van der Waals surface area (Å²) in [6.07, 6.45) is 0. The van der Waals surface area contributed by atoms with Gasteiger partial charge < -0.3 is 15.8 Å². The predicted octanol–water partition coefficient (Wildman–Crippen LogP) is 3.42. The van der Waals surface area contributed by atoms with E-state index < -0.39 is 0 Å². The van der Waals surface area contributed by atoms with Crippen LogP contribution in [0.4, 0.5) is 5.69 Å². The average Bonchev–Trinajstić information content (AvgIpc) is 2.48. The van der Waals surface area contributed by atoms with Gasteiger partial charge in [-0.05, 0) is 54.8 Å². The Balaban J connectivity index is 2.21. The number of benzene rings is 2. The van der Waals surface area contributed by atoms with E-state index in [9.17, 15) is 0 Å². The second kappa shape index (κ2) is 6.44. The molecule has 106 valence electrons. The van der Waals surface area contributed by atoms with E-state index in [0.29, 0.717) is 6.54 Å². The molecule has 0 bridgehead atoms. The fourth-order valence-corrected chi connectivity index (χ4v) is 2.17. The predicted molar refractivity (Wildman–Crippen MR) is 84.3 cm³/mol. The van der Waals surface area contributed by atoms with Gasteiger partial charge in [-0.15, -0.1) is 0 Å². The number of rotatable bonds is 5. The van der Waals surface area contributed by atoms with Gasteiger partial charge in [0.05, 0.1) is 13.2 Å². The summed E-state index contributed by atoms with van der Waals surface area (Å²) in [6.45, 7) is 4.76. The van der Waals surface area contributed by atoms with Crippen molar-refractivity contribution in [3.63, 3.8) is 0 Å². The van der Waals surface area contributed by atoms with E-state index in [1.165, 1.54) is 11.1 Å². The molecule has 0 aliphatic rings. The van der Waals surface area contributed by atoms with Gasteiger partial charge in [-0.2, -0.15) is 0 Å². The maximum Gasteiger partial charge on any atom is 0.119 e. The quantitative estimate of drug-likeness (QED) is 0.875. The van der Waals surface area contributed by atoms with Gasteiger partial charge >= 0.3 is 0 Å². The maximum absolute atomic E-state index is 5.91. The number of methoxy groups -OCH3 is 1. The van der Waals surface area contributed by atoms with Gasteiger partial charge in [0.1, 0.15) is 5.75 Å². The number of aryl methyl sites for hydroxylation is 2. The fourth-order valence-electron chi connectivity index (χ4n) is 2.17. The molecular formula is C17H22N2O. The van der Waals surface area contributed by atoms with Crippen LogP contribution < -0.4 is 15.8 Å². The Kier molecular flexibility index (Phi) is 4.64. The third-order valence-corrected chi connectivity index (χ3v) is 3.58. The molecule has 1 atom stereocenters. The summed E-state index contributed by atoms with van der Waals surface area (Å²) >= 11 is 0. The Morgan fingerprint density at radius 1 is 1.10 bits per heavy atom. The van der Waals surface area contributed by atoms with Crippen molar-refractivity contribution in [3.8, 4) is 5.75 Å². The fraction of sp³-hybridized carbons (Fsp3) is 0.294. The zero-order chi connectivity index (χ0) is 14.5. The largest absolute Gasteiger partial charge is 0.497 e. The Bertz CT molecular complexity index is 581. The lowest BCUT2D eigenvalue weighted by atomic mass is 10.0. The lowest BCUT2D eigenvalue weighted by molar-refractivity contribution is 0.414. The van der Waals surface area contributed by atoms with Crippen LogP contribution in [0.3, 0.4) is 0 Å². The third kappa shape index (κ3) is 3.31. The Morgan fingerprint density at radius 2 is 1.90 bits per heavy atom. The molecule has 3 N–H and O–H groups in total. The highest BCUT2D eigenvalue weighted by molar-refractivity contribution is 5.50. The lowest BCUT2D eigenvalue weighted by Crippen LogP contribution is -2.20. The summed E-state index contributed by atoms with van der Waals surface area (Å²) in [7, 11) is 1.67. The van der Waals surface area contributed by atoms with Crippen LogP contribution in [-0.4, -0.2) is 13.7 Å². The summed E-state index contributed by atoms with van der Waals surface area (Å²) < 4.78 is 5.27. The molecule has 3 nitrogen and oxygen atoms in total. The zero-order valence-electron chi connectivity index (χ0n) is 12.3. The summed E-state index contributed by atoms with van der Waals surface area (Å²) in [6, 6.07) is 14.4. The van der Waals surface area contributed by atoms with Gasteiger partial charge in [-0.1, -0.05) is 18.2 Å². The molecule has 0 spiro atoms. The number of nitrogens with one attached hydrogen (secondary N) is 1. The molecule has 0 radical (unpaired) electrons. The Labute approximate surface area is 120 Å². The average molecular weight is 270 g/mol. The van der Waals surface area contributed by atoms with E-state index in [4.69, 9.17) is 10.5 Å². The highest BCUT2D eigenvalue weighted by atomic mass is 16.5. The van der Waals surface area contributed by atoms with Crippen molar-refractivity contribution in [1.82, 2.24) is 0 Å². The van der Waals surface area contributed by atoms with Crippen molar-refractivity contribution < 1.29 is 4.74 Å². The lowest BCUT2D eigenvalue weighted by Gasteiger charge is -2.20. The first-order valence-electron chi connectivity index (χ1n) is 6.82. The summed E-state index contributed by atoms with van der Waals surface area (Å²) in [4.78, 5) is 0. The second-order valence-electron chi connectivity index (χ2n) is 5.01. The van der Waals surface area contributed by atoms with Gasteiger partial charge in [0.25, 0.3) is 0 Å². The van der Waals surface area contributed by atoms with E-state index in [1.54, 1.807) is 7.11 Å². The topological polar surface area (TPSA) is 47.3 Å². The third-order valence-electron chi connectivity index (χ3n) is 3.58. The van der Waals surface area contributed by atoms with Crippen LogP contribution in [0, 0.1) is 13.8 Å². The van der Waals surface area contributed by atoms with Crippen LogP contribution in [0.15, 0.2) is 42.5 Å². The Morgan fingerprint density at radius 3 is 2.55 bits per heavy atom. The van der Waals surface area contributed by atoms with Gasteiger partial charge in [-0.3, -0.25) is 0 Å². The van der Waals surface area contributed by atoms with Gasteiger partial charge in [0, 0.05) is 12.2 Å². The van der Waals surface area contributed by atoms with Crippen molar-refractivity contribution in [2.75, 3.05) is 19.0 Å². The van der Waals surface area contributed by atoms with E-state index >= 15 is 0 Å². The minimum absolute atomic E-state index is 0.0761. The first-order valence-corrected chi connectivity index (χ1v) is 6.82. The van der Waals surface area contributed by atoms with Crippen LogP contribution in [0.25, 0.3) is 0 Å². The molecule has 0 fully saturated rings. The maximum atomic E-state index is 5.91. The summed E-state index contributed by atoms with van der Waals surface area (Å²) in [5.41, 5.74) is 10.7.